The van der Waals surface area contributed by atoms with Crippen molar-refractivity contribution in [1.29, 1.82) is 5.26 Å². The van der Waals surface area contributed by atoms with E-state index in [2.05, 4.69) is 10.5 Å². The number of ether oxygens (including phenoxy) is 3. The summed E-state index contributed by atoms with van der Waals surface area (Å²) < 4.78 is 16.8. The number of carbonyl (C=O) groups excluding carboxylic acids is 1. The number of carbonyl (C=O) groups is 1. The van der Waals surface area contributed by atoms with Crippen LogP contribution in [0.3, 0.4) is 0 Å². The standard InChI is InChI=1S/C21H21N3O4/c1-3-26-19-9-16-8-14(2)28-20(16)10-17(19)12-23-24-21(25)13-27-18-6-4-15(11-22)5-7-18/h4-7,9-10,12,14H,3,8,13H2,1-2H3,(H,24,25)/b23-12-/t14-/m1/s1. The van der Waals surface area contributed by atoms with Gasteiger partial charge in [-0.3, -0.25) is 4.79 Å². The summed E-state index contributed by atoms with van der Waals surface area (Å²) in [7, 11) is 0. The van der Waals surface area contributed by atoms with E-state index in [1.165, 1.54) is 6.21 Å². The van der Waals surface area contributed by atoms with Crippen molar-refractivity contribution in [2.24, 2.45) is 5.10 Å². The van der Waals surface area contributed by atoms with Crippen LogP contribution in [0, 0.1) is 11.3 Å². The van der Waals surface area contributed by atoms with Gasteiger partial charge in [-0.15, -0.1) is 0 Å². The maximum absolute atomic E-state index is 11.9. The third kappa shape index (κ3) is 4.80. The predicted molar refractivity (Wildman–Crippen MR) is 104 cm³/mol. The van der Waals surface area contributed by atoms with Crippen LogP contribution in [0.5, 0.6) is 17.2 Å². The minimum atomic E-state index is -0.399. The lowest BCUT2D eigenvalue weighted by molar-refractivity contribution is -0.123. The third-order valence-electron chi connectivity index (χ3n) is 4.07. The molecule has 1 atom stereocenters. The molecule has 3 rings (SSSR count). The van der Waals surface area contributed by atoms with Gasteiger partial charge < -0.3 is 14.2 Å². The summed E-state index contributed by atoms with van der Waals surface area (Å²) in [5, 5.41) is 12.8. The highest BCUT2D eigenvalue weighted by Gasteiger charge is 2.21. The Labute approximate surface area is 163 Å². The second kappa shape index (κ2) is 8.91. The molecule has 28 heavy (non-hydrogen) atoms. The molecule has 7 nitrogen and oxygen atoms in total. The maximum Gasteiger partial charge on any atom is 0.277 e. The average Bonchev–Trinajstić information content (AvgIpc) is 3.06. The fraction of sp³-hybridized carbons (Fsp3) is 0.286. The Morgan fingerprint density at radius 1 is 1.36 bits per heavy atom. The number of benzene rings is 2. The van der Waals surface area contributed by atoms with Crippen LogP contribution in [0.2, 0.25) is 0 Å². The van der Waals surface area contributed by atoms with Crippen LogP contribution in [-0.2, 0) is 11.2 Å². The van der Waals surface area contributed by atoms with Gasteiger partial charge in [0, 0.05) is 17.5 Å². The van der Waals surface area contributed by atoms with E-state index in [9.17, 15) is 4.79 Å². The topological polar surface area (TPSA) is 92.9 Å². The zero-order valence-corrected chi connectivity index (χ0v) is 15.8. The molecule has 0 spiro atoms. The zero-order chi connectivity index (χ0) is 19.9. The number of nitrogens with zero attached hydrogens (tertiary/aromatic N) is 2. The van der Waals surface area contributed by atoms with Gasteiger partial charge >= 0.3 is 0 Å². The summed E-state index contributed by atoms with van der Waals surface area (Å²) in [4.78, 5) is 11.9. The minimum absolute atomic E-state index is 0.135. The van der Waals surface area contributed by atoms with Crippen molar-refractivity contribution in [3.8, 4) is 23.3 Å². The fourth-order valence-corrected chi connectivity index (χ4v) is 2.82. The van der Waals surface area contributed by atoms with Crippen molar-refractivity contribution in [1.82, 2.24) is 5.43 Å². The van der Waals surface area contributed by atoms with E-state index in [1.54, 1.807) is 24.3 Å². The van der Waals surface area contributed by atoms with Gasteiger partial charge in [0.05, 0.1) is 24.5 Å². The Bertz CT molecular complexity index is 916. The smallest absolute Gasteiger partial charge is 0.277 e. The SMILES string of the molecule is CCOc1cc2c(cc1/C=N\NC(=O)COc1ccc(C#N)cc1)O[C@H](C)C2. The molecule has 144 valence electrons. The van der Waals surface area contributed by atoms with Crippen molar-refractivity contribution >= 4 is 12.1 Å². The van der Waals surface area contributed by atoms with Crippen LogP contribution in [0.15, 0.2) is 41.5 Å². The largest absolute Gasteiger partial charge is 0.493 e. The first-order valence-electron chi connectivity index (χ1n) is 9.00. The summed E-state index contributed by atoms with van der Waals surface area (Å²) >= 11 is 0. The van der Waals surface area contributed by atoms with Crippen molar-refractivity contribution in [2.75, 3.05) is 13.2 Å². The van der Waals surface area contributed by atoms with E-state index in [4.69, 9.17) is 19.5 Å². The van der Waals surface area contributed by atoms with E-state index in [1.807, 2.05) is 32.0 Å². The third-order valence-corrected chi connectivity index (χ3v) is 4.07. The molecular formula is C21H21N3O4. The number of amides is 1. The summed E-state index contributed by atoms with van der Waals surface area (Å²) in [6, 6.07) is 12.4. The molecule has 0 aromatic heterocycles. The van der Waals surface area contributed by atoms with Gasteiger partial charge in [0.1, 0.15) is 23.4 Å². The van der Waals surface area contributed by atoms with Crippen LogP contribution in [-0.4, -0.2) is 31.4 Å². The molecule has 1 aliphatic heterocycles. The number of hydrogen-bond donors (Lipinski definition) is 1. The summed E-state index contributed by atoms with van der Waals surface area (Å²) in [5.74, 6) is 1.62. The molecule has 2 aromatic carbocycles. The van der Waals surface area contributed by atoms with Crippen LogP contribution in [0.25, 0.3) is 0 Å². The monoisotopic (exact) mass is 379 g/mol. The van der Waals surface area contributed by atoms with E-state index in [0.717, 1.165) is 23.3 Å². The number of nitriles is 1. The molecule has 2 aromatic rings. The van der Waals surface area contributed by atoms with E-state index in [-0.39, 0.29) is 12.7 Å². The molecule has 0 radical (unpaired) electrons. The van der Waals surface area contributed by atoms with Crippen LogP contribution in [0.1, 0.15) is 30.5 Å². The molecule has 0 fully saturated rings. The normalized spacial score (nSPS) is 14.8. The first kappa shape index (κ1) is 19.2. The Kier molecular flexibility index (Phi) is 6.12. The highest BCUT2D eigenvalue weighted by molar-refractivity contribution is 5.86. The first-order chi connectivity index (χ1) is 13.6. The van der Waals surface area contributed by atoms with Gasteiger partial charge in [-0.1, -0.05) is 0 Å². The highest BCUT2D eigenvalue weighted by atomic mass is 16.5. The molecule has 1 amide bonds. The number of nitrogens with one attached hydrogen (secondary N) is 1. The van der Waals surface area contributed by atoms with Gasteiger partial charge in [-0.2, -0.15) is 10.4 Å². The van der Waals surface area contributed by atoms with Gasteiger partial charge in [-0.05, 0) is 50.2 Å². The van der Waals surface area contributed by atoms with Gasteiger partial charge in [-0.25, -0.2) is 5.43 Å². The lowest BCUT2D eigenvalue weighted by Gasteiger charge is -2.09. The highest BCUT2D eigenvalue weighted by Crippen LogP contribution is 2.34. The number of fused-ring (bicyclic) bond motifs is 1. The van der Waals surface area contributed by atoms with Crippen molar-refractivity contribution in [3.05, 3.63) is 53.1 Å². The van der Waals surface area contributed by atoms with Crippen LogP contribution < -0.4 is 19.6 Å². The quantitative estimate of drug-likeness (QED) is 0.590. The Morgan fingerprint density at radius 2 is 2.14 bits per heavy atom. The molecule has 0 aliphatic carbocycles. The lowest BCUT2D eigenvalue weighted by atomic mass is 10.1. The van der Waals surface area contributed by atoms with Crippen molar-refractivity contribution in [3.63, 3.8) is 0 Å². The average molecular weight is 379 g/mol. The summed E-state index contributed by atoms with van der Waals surface area (Å²) in [6.45, 7) is 4.27. The fourth-order valence-electron chi connectivity index (χ4n) is 2.82. The second-order valence-corrected chi connectivity index (χ2v) is 6.28. The Morgan fingerprint density at radius 3 is 2.86 bits per heavy atom. The summed E-state index contributed by atoms with van der Waals surface area (Å²) in [6.07, 6.45) is 2.50. The molecule has 0 bridgehead atoms. The van der Waals surface area contributed by atoms with Gasteiger partial charge in [0.2, 0.25) is 0 Å². The Hall–Kier alpha value is -3.53. The Balaban J connectivity index is 1.58. The summed E-state index contributed by atoms with van der Waals surface area (Å²) in [5.41, 5.74) is 4.78. The molecular weight excluding hydrogens is 358 g/mol. The first-order valence-corrected chi connectivity index (χ1v) is 9.00. The van der Waals surface area contributed by atoms with E-state index < -0.39 is 5.91 Å². The molecule has 0 saturated carbocycles. The molecule has 1 aliphatic rings. The molecule has 0 unspecified atom stereocenters. The van der Waals surface area contributed by atoms with Gasteiger partial charge in [0.25, 0.3) is 5.91 Å². The molecule has 1 N–H and O–H groups in total. The van der Waals surface area contributed by atoms with Crippen LogP contribution >= 0.6 is 0 Å². The number of rotatable bonds is 7. The maximum atomic E-state index is 11.9. The predicted octanol–water partition coefficient (Wildman–Crippen LogP) is 2.81. The molecule has 1 heterocycles. The zero-order valence-electron chi connectivity index (χ0n) is 15.8. The van der Waals surface area contributed by atoms with Gasteiger partial charge in [0.15, 0.2) is 6.61 Å². The van der Waals surface area contributed by atoms with E-state index in [0.29, 0.717) is 23.7 Å². The van der Waals surface area contributed by atoms with E-state index >= 15 is 0 Å². The van der Waals surface area contributed by atoms with Crippen LogP contribution in [0.4, 0.5) is 0 Å². The minimum Gasteiger partial charge on any atom is -0.493 e. The van der Waals surface area contributed by atoms with Crippen molar-refractivity contribution in [2.45, 2.75) is 26.4 Å². The second-order valence-electron chi connectivity index (χ2n) is 6.28. The molecule has 0 saturated heterocycles. The number of hydrogen-bond acceptors (Lipinski definition) is 6. The van der Waals surface area contributed by atoms with Crippen molar-refractivity contribution < 1.29 is 19.0 Å². The lowest BCUT2D eigenvalue weighted by Crippen LogP contribution is -2.24. The number of hydrazone groups is 1. The molecule has 7 heteroatoms.